The molecule has 2 heterocycles. The van der Waals surface area contributed by atoms with Gasteiger partial charge in [-0.25, -0.2) is 8.42 Å². The van der Waals surface area contributed by atoms with E-state index >= 15 is 0 Å². The third-order valence-corrected chi connectivity index (χ3v) is 8.12. The normalized spacial score (nSPS) is 15.7. The molecule has 3 aromatic rings. The zero-order valence-electron chi connectivity index (χ0n) is 20.4. The number of hydrogen-bond acceptors (Lipinski definition) is 6. The molecule has 1 N–H and O–H groups in total. The summed E-state index contributed by atoms with van der Waals surface area (Å²) in [6.07, 6.45) is 0. The van der Waals surface area contributed by atoms with E-state index in [2.05, 4.69) is 9.62 Å². The number of fused-ring (bicyclic) bond motifs is 1. The Bertz CT molecular complexity index is 1400. The molecule has 9 heteroatoms. The van der Waals surface area contributed by atoms with E-state index in [1.165, 1.54) is 6.07 Å². The highest BCUT2D eigenvalue weighted by molar-refractivity contribution is 7.92. The molecule has 1 fully saturated rings. The highest BCUT2D eigenvalue weighted by Crippen LogP contribution is 2.33. The molecule has 0 unspecified atom stereocenters. The number of hydrogen-bond donors (Lipinski definition) is 1. The van der Waals surface area contributed by atoms with E-state index in [1.54, 1.807) is 36.1 Å². The van der Waals surface area contributed by atoms with E-state index in [1.807, 2.05) is 37.3 Å². The summed E-state index contributed by atoms with van der Waals surface area (Å²) in [6.45, 7) is 7.19. The molecule has 0 bridgehead atoms. The first-order valence-electron chi connectivity index (χ1n) is 11.9. The molecule has 36 heavy (non-hydrogen) atoms. The Morgan fingerprint density at radius 2 is 1.64 bits per heavy atom. The average molecular weight is 508 g/mol. The first-order valence-corrected chi connectivity index (χ1v) is 13.4. The quantitative estimate of drug-likeness (QED) is 0.546. The number of anilines is 1. The van der Waals surface area contributed by atoms with Crippen LogP contribution in [0.4, 0.5) is 5.69 Å². The van der Waals surface area contributed by atoms with Crippen molar-refractivity contribution in [2.75, 3.05) is 37.7 Å². The zero-order chi connectivity index (χ0) is 25.3. The van der Waals surface area contributed by atoms with E-state index in [9.17, 15) is 13.2 Å². The largest absolute Gasteiger partial charge is 0.454 e. The van der Waals surface area contributed by atoms with Gasteiger partial charge in [0.1, 0.15) is 0 Å². The van der Waals surface area contributed by atoms with E-state index in [0.29, 0.717) is 29.9 Å². The van der Waals surface area contributed by atoms with Crippen LogP contribution in [-0.4, -0.2) is 57.1 Å². The lowest BCUT2D eigenvalue weighted by molar-refractivity contribution is 0.0628. The van der Waals surface area contributed by atoms with Crippen molar-refractivity contribution in [1.29, 1.82) is 0 Å². The van der Waals surface area contributed by atoms with Gasteiger partial charge in [-0.1, -0.05) is 30.3 Å². The van der Waals surface area contributed by atoms with Crippen LogP contribution >= 0.6 is 0 Å². The van der Waals surface area contributed by atoms with Gasteiger partial charge in [0.2, 0.25) is 6.79 Å². The number of nitrogens with zero attached hydrogens (tertiary/aromatic N) is 2. The molecular formula is C27H29N3O5S. The van der Waals surface area contributed by atoms with Crippen LogP contribution < -0.4 is 14.2 Å². The summed E-state index contributed by atoms with van der Waals surface area (Å²) in [5.41, 5.74) is 3.43. The summed E-state index contributed by atoms with van der Waals surface area (Å²) in [4.78, 5) is 17.4. The minimum absolute atomic E-state index is 0.109. The molecule has 1 saturated heterocycles. The molecule has 3 aromatic carbocycles. The van der Waals surface area contributed by atoms with Gasteiger partial charge in [-0.05, 0) is 60.9 Å². The molecule has 1 amide bonds. The van der Waals surface area contributed by atoms with Crippen molar-refractivity contribution in [3.63, 3.8) is 0 Å². The maximum Gasteiger partial charge on any atom is 0.262 e. The Morgan fingerprint density at radius 3 is 2.42 bits per heavy atom. The smallest absolute Gasteiger partial charge is 0.262 e. The van der Waals surface area contributed by atoms with Crippen LogP contribution in [0.15, 0.2) is 65.6 Å². The lowest BCUT2D eigenvalue weighted by Gasteiger charge is -2.35. The first kappa shape index (κ1) is 24.1. The third kappa shape index (κ3) is 5.03. The van der Waals surface area contributed by atoms with Crippen molar-refractivity contribution in [2.45, 2.75) is 25.3 Å². The number of piperazine rings is 1. The number of ether oxygens (including phenoxy) is 2. The van der Waals surface area contributed by atoms with Crippen LogP contribution in [0, 0.1) is 13.8 Å². The Labute approximate surface area is 211 Å². The van der Waals surface area contributed by atoms with Crippen molar-refractivity contribution in [2.24, 2.45) is 0 Å². The number of rotatable bonds is 6. The lowest BCUT2D eigenvalue weighted by atomic mass is 10.1. The maximum absolute atomic E-state index is 13.3. The highest BCUT2D eigenvalue weighted by atomic mass is 32.2. The maximum atomic E-state index is 13.3. The Morgan fingerprint density at radius 1 is 0.889 bits per heavy atom. The van der Waals surface area contributed by atoms with Crippen LogP contribution in [-0.2, 0) is 16.6 Å². The highest BCUT2D eigenvalue weighted by Gasteiger charge is 2.25. The van der Waals surface area contributed by atoms with E-state index in [4.69, 9.17) is 9.47 Å². The summed E-state index contributed by atoms with van der Waals surface area (Å²) in [5.74, 6) is 1.37. The number of nitrogens with one attached hydrogen (secondary N) is 1. The minimum atomic E-state index is -3.85. The molecule has 0 aromatic heterocycles. The number of aryl methyl sites for hydroxylation is 2. The first-order chi connectivity index (χ1) is 17.3. The van der Waals surface area contributed by atoms with Crippen LogP contribution in [0.25, 0.3) is 0 Å². The predicted octanol–water partition coefficient (Wildman–Crippen LogP) is 3.79. The topological polar surface area (TPSA) is 88.2 Å². The van der Waals surface area contributed by atoms with Crippen molar-refractivity contribution < 1.29 is 22.7 Å². The minimum Gasteiger partial charge on any atom is -0.454 e. The molecule has 0 saturated carbocycles. The Hall–Kier alpha value is -3.56. The molecule has 8 nitrogen and oxygen atoms in total. The van der Waals surface area contributed by atoms with Gasteiger partial charge in [-0.2, -0.15) is 0 Å². The van der Waals surface area contributed by atoms with Gasteiger partial charge in [0.15, 0.2) is 11.5 Å². The number of amides is 1. The Kier molecular flexibility index (Phi) is 6.59. The van der Waals surface area contributed by atoms with Gasteiger partial charge < -0.3 is 14.4 Å². The molecule has 188 valence electrons. The van der Waals surface area contributed by atoms with Crippen LogP contribution in [0.3, 0.4) is 0 Å². The van der Waals surface area contributed by atoms with Crippen molar-refractivity contribution in [3.8, 4) is 11.5 Å². The second-order valence-corrected chi connectivity index (χ2v) is 10.8. The summed E-state index contributed by atoms with van der Waals surface area (Å²) in [7, 11) is -3.85. The lowest BCUT2D eigenvalue weighted by Crippen LogP contribution is -2.48. The van der Waals surface area contributed by atoms with E-state index in [-0.39, 0.29) is 17.6 Å². The molecule has 2 aliphatic heterocycles. The number of para-hydroxylation sites is 1. The molecule has 5 rings (SSSR count). The number of carbonyl (C=O) groups excluding carboxylic acids is 1. The predicted molar refractivity (Wildman–Crippen MR) is 137 cm³/mol. The average Bonchev–Trinajstić information content (AvgIpc) is 3.34. The fourth-order valence-electron chi connectivity index (χ4n) is 4.50. The van der Waals surface area contributed by atoms with Crippen LogP contribution in [0.2, 0.25) is 0 Å². The fraction of sp³-hybridized carbons (Fsp3) is 0.296. The third-order valence-electron chi connectivity index (χ3n) is 6.62. The SMILES string of the molecule is Cc1ccccc1NS(=O)(=O)c1cc(C(=O)N2CCN(Cc3ccc4c(c3)OCO4)CC2)ccc1C. The van der Waals surface area contributed by atoms with Gasteiger partial charge >= 0.3 is 0 Å². The van der Waals surface area contributed by atoms with Gasteiger partial charge in [0.05, 0.1) is 10.6 Å². The summed E-state index contributed by atoms with van der Waals surface area (Å²) in [5, 5.41) is 0. The summed E-state index contributed by atoms with van der Waals surface area (Å²) >= 11 is 0. The number of carbonyl (C=O) groups is 1. The van der Waals surface area contributed by atoms with E-state index < -0.39 is 10.0 Å². The molecule has 2 aliphatic rings. The molecular weight excluding hydrogens is 478 g/mol. The van der Waals surface area contributed by atoms with Gasteiger partial charge in [-0.3, -0.25) is 14.4 Å². The van der Waals surface area contributed by atoms with Gasteiger partial charge in [0, 0.05) is 38.3 Å². The molecule has 0 atom stereocenters. The standard InChI is InChI=1S/C27H29N3O5S/c1-19-5-3-4-6-23(19)28-36(32,33)26-16-22(9-7-20(26)2)27(31)30-13-11-29(12-14-30)17-21-8-10-24-25(15-21)35-18-34-24/h3-10,15-16,28H,11-14,17-18H2,1-2H3. The monoisotopic (exact) mass is 507 g/mol. The Balaban J connectivity index is 1.25. The number of benzene rings is 3. The van der Waals surface area contributed by atoms with Crippen LogP contribution in [0.1, 0.15) is 27.0 Å². The molecule has 0 radical (unpaired) electrons. The fourth-order valence-corrected chi connectivity index (χ4v) is 5.90. The van der Waals surface area contributed by atoms with Gasteiger partial charge in [0.25, 0.3) is 15.9 Å². The van der Waals surface area contributed by atoms with Crippen molar-refractivity contribution in [1.82, 2.24) is 9.80 Å². The van der Waals surface area contributed by atoms with Crippen LogP contribution in [0.5, 0.6) is 11.5 Å². The van der Waals surface area contributed by atoms with Crippen molar-refractivity contribution >= 4 is 21.6 Å². The van der Waals surface area contributed by atoms with Gasteiger partial charge in [-0.15, -0.1) is 0 Å². The van der Waals surface area contributed by atoms with E-state index in [0.717, 1.165) is 42.3 Å². The second-order valence-electron chi connectivity index (χ2n) is 9.16. The summed E-state index contributed by atoms with van der Waals surface area (Å²) in [6, 6.07) is 18.0. The number of sulfonamides is 1. The zero-order valence-corrected chi connectivity index (χ0v) is 21.2. The molecule has 0 spiro atoms. The molecule has 0 aliphatic carbocycles. The second kappa shape index (κ2) is 9.83. The van der Waals surface area contributed by atoms with Crippen molar-refractivity contribution in [3.05, 3.63) is 82.9 Å². The summed E-state index contributed by atoms with van der Waals surface area (Å²) < 4.78 is 39.8.